The molecule has 1 aromatic carbocycles. The average molecular weight is 245 g/mol. The zero-order valence-corrected chi connectivity index (χ0v) is 10.8. The van der Waals surface area contributed by atoms with Gasteiger partial charge >= 0.3 is 0 Å². The number of nitrogens with two attached hydrogens (primary N) is 1. The average Bonchev–Trinajstić information content (AvgIpc) is 2.82. The fourth-order valence-corrected chi connectivity index (χ4v) is 1.94. The van der Waals surface area contributed by atoms with Crippen LogP contribution in [0.4, 0.5) is 0 Å². The van der Waals surface area contributed by atoms with Crippen molar-refractivity contribution in [2.45, 2.75) is 18.9 Å². The quantitative estimate of drug-likeness (QED) is 0.877. The molecule has 0 radical (unpaired) electrons. The summed E-state index contributed by atoms with van der Waals surface area (Å²) >= 11 is 0. The summed E-state index contributed by atoms with van der Waals surface area (Å²) in [7, 11) is 3.59. The Morgan fingerprint density at radius 3 is 2.61 bits per heavy atom. The summed E-state index contributed by atoms with van der Waals surface area (Å²) in [5, 5.41) is 4.15. The van der Waals surface area contributed by atoms with E-state index in [0.29, 0.717) is 0 Å². The van der Waals surface area contributed by atoms with Gasteiger partial charge in [0.2, 0.25) is 0 Å². The van der Waals surface area contributed by atoms with Crippen molar-refractivity contribution < 1.29 is 4.74 Å². The van der Waals surface area contributed by atoms with Crippen LogP contribution in [0.2, 0.25) is 0 Å². The minimum Gasteiger partial charge on any atom is -0.497 e. The van der Waals surface area contributed by atoms with E-state index in [1.54, 1.807) is 7.11 Å². The van der Waals surface area contributed by atoms with E-state index in [2.05, 4.69) is 5.10 Å². The highest BCUT2D eigenvalue weighted by Gasteiger charge is 2.07. The van der Waals surface area contributed by atoms with Crippen molar-refractivity contribution in [3.63, 3.8) is 0 Å². The lowest BCUT2D eigenvalue weighted by Crippen LogP contribution is -2.11. The van der Waals surface area contributed by atoms with Gasteiger partial charge in [0.1, 0.15) is 5.75 Å². The molecule has 2 N–H and O–H groups in total. The summed E-state index contributed by atoms with van der Waals surface area (Å²) in [5.41, 5.74) is 8.54. The lowest BCUT2D eigenvalue weighted by atomic mass is 10.0. The Labute approximate surface area is 107 Å². The molecule has 2 aromatic rings. The Morgan fingerprint density at radius 2 is 2.06 bits per heavy atom. The summed E-state index contributed by atoms with van der Waals surface area (Å²) in [6, 6.07) is 7.98. The van der Waals surface area contributed by atoms with Crippen LogP contribution in [0.25, 0.3) is 0 Å². The van der Waals surface area contributed by atoms with E-state index in [1.807, 2.05) is 48.4 Å². The standard InChI is InChI=1S/C14H19N3O/c1-17-10-11(9-16-17)3-8-14(15)12-4-6-13(18-2)7-5-12/h4-7,9-10,14H,3,8,15H2,1-2H3. The van der Waals surface area contributed by atoms with Gasteiger partial charge in [-0.3, -0.25) is 4.68 Å². The zero-order chi connectivity index (χ0) is 13.0. The number of methoxy groups -OCH3 is 1. The van der Waals surface area contributed by atoms with Gasteiger partial charge in [-0.05, 0) is 36.1 Å². The molecule has 4 heteroatoms. The van der Waals surface area contributed by atoms with Crippen LogP contribution >= 0.6 is 0 Å². The summed E-state index contributed by atoms with van der Waals surface area (Å²) in [4.78, 5) is 0. The summed E-state index contributed by atoms with van der Waals surface area (Å²) in [6.07, 6.45) is 5.78. The van der Waals surface area contributed by atoms with E-state index in [0.717, 1.165) is 24.2 Å². The largest absolute Gasteiger partial charge is 0.497 e. The van der Waals surface area contributed by atoms with E-state index in [9.17, 15) is 0 Å². The Balaban J connectivity index is 1.92. The normalized spacial score (nSPS) is 12.4. The molecule has 96 valence electrons. The molecule has 0 amide bonds. The van der Waals surface area contributed by atoms with Crippen molar-refractivity contribution in [2.75, 3.05) is 7.11 Å². The third-order valence-corrected chi connectivity index (χ3v) is 3.05. The van der Waals surface area contributed by atoms with E-state index in [1.165, 1.54) is 5.56 Å². The Morgan fingerprint density at radius 1 is 1.33 bits per heavy atom. The topological polar surface area (TPSA) is 53.1 Å². The highest BCUT2D eigenvalue weighted by Crippen LogP contribution is 2.19. The lowest BCUT2D eigenvalue weighted by Gasteiger charge is -2.11. The SMILES string of the molecule is COc1ccc(C(N)CCc2cnn(C)c2)cc1. The third kappa shape index (κ3) is 3.11. The van der Waals surface area contributed by atoms with Crippen LogP contribution in [-0.2, 0) is 13.5 Å². The van der Waals surface area contributed by atoms with E-state index in [4.69, 9.17) is 10.5 Å². The van der Waals surface area contributed by atoms with Crippen LogP contribution in [0.5, 0.6) is 5.75 Å². The molecule has 0 bridgehead atoms. The molecular weight excluding hydrogens is 226 g/mol. The van der Waals surface area contributed by atoms with Gasteiger partial charge in [0.15, 0.2) is 0 Å². The lowest BCUT2D eigenvalue weighted by molar-refractivity contribution is 0.414. The number of nitrogens with zero attached hydrogens (tertiary/aromatic N) is 2. The van der Waals surface area contributed by atoms with Gasteiger partial charge < -0.3 is 10.5 Å². The highest BCUT2D eigenvalue weighted by molar-refractivity contribution is 5.29. The first kappa shape index (κ1) is 12.6. The second-order valence-corrected chi connectivity index (χ2v) is 4.44. The van der Waals surface area contributed by atoms with Crippen molar-refractivity contribution in [2.24, 2.45) is 12.8 Å². The number of rotatable bonds is 5. The number of hydrogen-bond donors (Lipinski definition) is 1. The third-order valence-electron chi connectivity index (χ3n) is 3.05. The first-order chi connectivity index (χ1) is 8.69. The Hall–Kier alpha value is -1.81. The Kier molecular flexibility index (Phi) is 3.99. The van der Waals surface area contributed by atoms with Crippen LogP contribution in [0.1, 0.15) is 23.6 Å². The minimum absolute atomic E-state index is 0.0520. The van der Waals surface area contributed by atoms with Gasteiger partial charge in [-0.1, -0.05) is 12.1 Å². The first-order valence-electron chi connectivity index (χ1n) is 6.06. The van der Waals surface area contributed by atoms with Crippen LogP contribution in [0.15, 0.2) is 36.7 Å². The van der Waals surface area contributed by atoms with Crippen molar-refractivity contribution in [3.05, 3.63) is 47.8 Å². The maximum absolute atomic E-state index is 6.17. The van der Waals surface area contributed by atoms with Crippen LogP contribution in [0.3, 0.4) is 0 Å². The predicted molar refractivity (Wildman–Crippen MR) is 71.5 cm³/mol. The molecule has 1 aromatic heterocycles. The number of ether oxygens (including phenoxy) is 1. The molecule has 1 unspecified atom stereocenters. The molecule has 4 nitrogen and oxygen atoms in total. The van der Waals surface area contributed by atoms with E-state index >= 15 is 0 Å². The Bertz CT molecular complexity index is 490. The number of benzene rings is 1. The summed E-state index contributed by atoms with van der Waals surface area (Å²) in [5.74, 6) is 0.859. The van der Waals surface area contributed by atoms with Crippen molar-refractivity contribution in [3.8, 4) is 5.75 Å². The van der Waals surface area contributed by atoms with Gasteiger partial charge in [-0.2, -0.15) is 5.10 Å². The maximum Gasteiger partial charge on any atom is 0.118 e. The number of hydrogen-bond acceptors (Lipinski definition) is 3. The van der Waals surface area contributed by atoms with Crippen molar-refractivity contribution in [1.29, 1.82) is 0 Å². The molecule has 0 saturated heterocycles. The molecule has 18 heavy (non-hydrogen) atoms. The fraction of sp³-hybridized carbons (Fsp3) is 0.357. The highest BCUT2D eigenvalue weighted by atomic mass is 16.5. The maximum atomic E-state index is 6.17. The van der Waals surface area contributed by atoms with Crippen LogP contribution in [-0.4, -0.2) is 16.9 Å². The molecule has 1 heterocycles. The molecule has 0 aliphatic carbocycles. The van der Waals surface area contributed by atoms with Gasteiger partial charge in [0.25, 0.3) is 0 Å². The molecule has 0 aliphatic heterocycles. The van der Waals surface area contributed by atoms with Crippen LogP contribution < -0.4 is 10.5 Å². The molecule has 0 aliphatic rings. The van der Waals surface area contributed by atoms with Gasteiger partial charge in [0.05, 0.1) is 13.3 Å². The van der Waals surface area contributed by atoms with Crippen molar-refractivity contribution >= 4 is 0 Å². The molecule has 0 saturated carbocycles. The number of aromatic nitrogens is 2. The number of aryl methyl sites for hydroxylation is 2. The predicted octanol–water partition coefficient (Wildman–Crippen LogP) is 2.06. The molecular formula is C14H19N3O. The minimum atomic E-state index is 0.0520. The summed E-state index contributed by atoms with van der Waals surface area (Å²) < 4.78 is 6.94. The summed E-state index contributed by atoms with van der Waals surface area (Å²) in [6.45, 7) is 0. The van der Waals surface area contributed by atoms with Crippen molar-refractivity contribution in [1.82, 2.24) is 9.78 Å². The monoisotopic (exact) mass is 245 g/mol. The van der Waals surface area contributed by atoms with Gasteiger partial charge in [0, 0.05) is 19.3 Å². The van der Waals surface area contributed by atoms with Gasteiger partial charge in [-0.25, -0.2) is 0 Å². The first-order valence-corrected chi connectivity index (χ1v) is 6.06. The molecule has 0 spiro atoms. The molecule has 1 atom stereocenters. The van der Waals surface area contributed by atoms with Crippen LogP contribution in [0, 0.1) is 0 Å². The smallest absolute Gasteiger partial charge is 0.118 e. The zero-order valence-electron chi connectivity index (χ0n) is 10.8. The second-order valence-electron chi connectivity index (χ2n) is 4.44. The van der Waals surface area contributed by atoms with Gasteiger partial charge in [-0.15, -0.1) is 0 Å². The molecule has 2 rings (SSSR count). The second kappa shape index (κ2) is 5.69. The molecule has 0 fully saturated rings. The van der Waals surface area contributed by atoms with E-state index < -0.39 is 0 Å². The fourth-order valence-electron chi connectivity index (χ4n) is 1.94. The van der Waals surface area contributed by atoms with E-state index in [-0.39, 0.29) is 6.04 Å².